The van der Waals surface area contributed by atoms with Crippen molar-refractivity contribution in [2.45, 2.75) is 46.3 Å². The third-order valence-electron chi connectivity index (χ3n) is 2.94. The van der Waals surface area contributed by atoms with Crippen LogP contribution >= 0.6 is 0 Å². The van der Waals surface area contributed by atoms with Crippen LogP contribution in [0.2, 0.25) is 0 Å². The Morgan fingerprint density at radius 1 is 1.21 bits per heavy atom. The van der Waals surface area contributed by atoms with E-state index in [0.717, 1.165) is 0 Å². The molecule has 0 saturated carbocycles. The Kier molecular flexibility index (Phi) is 4.35. The van der Waals surface area contributed by atoms with Gasteiger partial charge in [0.15, 0.2) is 0 Å². The minimum Gasteiger partial charge on any atom is -0.460 e. The average molecular weight is 267 g/mol. The molecule has 0 aromatic heterocycles. The van der Waals surface area contributed by atoms with Crippen molar-refractivity contribution >= 4 is 5.97 Å². The van der Waals surface area contributed by atoms with Gasteiger partial charge >= 0.3 is 5.97 Å². The van der Waals surface area contributed by atoms with Crippen LogP contribution < -0.4 is 5.73 Å². The predicted molar refractivity (Wildman–Crippen MR) is 73.0 cm³/mol. The van der Waals surface area contributed by atoms with Gasteiger partial charge in [0.25, 0.3) is 0 Å². The van der Waals surface area contributed by atoms with Gasteiger partial charge in [-0.25, -0.2) is 4.39 Å². The normalized spacial score (nSPS) is 14.1. The number of nitrogens with two attached hydrogens (primary N) is 1. The Balaban J connectivity index is 3.00. The predicted octanol–water partition coefficient (Wildman–Crippen LogP) is 3.19. The number of carbonyl (C=O) groups is 1. The molecule has 0 aliphatic rings. The Morgan fingerprint density at radius 2 is 1.74 bits per heavy atom. The van der Waals surface area contributed by atoms with Crippen molar-refractivity contribution < 1.29 is 13.9 Å². The van der Waals surface area contributed by atoms with Gasteiger partial charge in [-0.2, -0.15) is 0 Å². The second-order valence-electron chi connectivity index (χ2n) is 6.22. The third kappa shape index (κ3) is 3.77. The van der Waals surface area contributed by atoms with Gasteiger partial charge in [-0.1, -0.05) is 18.2 Å². The molecule has 0 aliphatic carbocycles. The number of benzene rings is 1. The van der Waals surface area contributed by atoms with Crippen molar-refractivity contribution in [1.82, 2.24) is 0 Å². The minimum atomic E-state index is -1.00. The molecule has 0 spiro atoms. The number of rotatable bonds is 3. The maximum atomic E-state index is 13.7. The van der Waals surface area contributed by atoms with Crippen LogP contribution in [0.3, 0.4) is 0 Å². The summed E-state index contributed by atoms with van der Waals surface area (Å²) >= 11 is 0. The van der Waals surface area contributed by atoms with Gasteiger partial charge in [0, 0.05) is 11.6 Å². The summed E-state index contributed by atoms with van der Waals surface area (Å²) in [4.78, 5) is 12.2. The maximum absolute atomic E-state index is 13.7. The molecular formula is C15H22FNO2. The van der Waals surface area contributed by atoms with Crippen LogP contribution in [0, 0.1) is 11.2 Å². The molecule has 0 radical (unpaired) electrons. The average Bonchev–Trinajstić information content (AvgIpc) is 2.26. The van der Waals surface area contributed by atoms with Gasteiger partial charge in [0.2, 0.25) is 0 Å². The highest BCUT2D eigenvalue weighted by Crippen LogP contribution is 2.34. The zero-order chi connectivity index (χ0) is 14.8. The Labute approximate surface area is 113 Å². The van der Waals surface area contributed by atoms with E-state index in [4.69, 9.17) is 10.5 Å². The summed E-state index contributed by atoms with van der Waals surface area (Å²) in [5.41, 5.74) is 4.77. The lowest BCUT2D eigenvalue weighted by molar-refractivity contribution is -0.167. The Hall–Kier alpha value is -1.42. The molecule has 1 rings (SSSR count). The molecule has 1 atom stereocenters. The van der Waals surface area contributed by atoms with E-state index in [1.54, 1.807) is 52.8 Å². The van der Waals surface area contributed by atoms with E-state index in [1.807, 2.05) is 0 Å². The van der Waals surface area contributed by atoms with Crippen molar-refractivity contribution in [3.63, 3.8) is 0 Å². The number of ether oxygens (including phenoxy) is 1. The van der Waals surface area contributed by atoms with E-state index in [-0.39, 0.29) is 0 Å². The van der Waals surface area contributed by atoms with Crippen LogP contribution in [0.1, 0.15) is 46.2 Å². The molecule has 3 nitrogen and oxygen atoms in total. The smallest absolute Gasteiger partial charge is 0.313 e. The first-order chi connectivity index (χ1) is 8.55. The molecule has 1 aromatic rings. The Bertz CT molecular complexity index is 463. The Morgan fingerprint density at radius 3 is 2.21 bits per heavy atom. The zero-order valence-corrected chi connectivity index (χ0v) is 12.2. The van der Waals surface area contributed by atoms with E-state index < -0.39 is 28.8 Å². The third-order valence-corrected chi connectivity index (χ3v) is 2.94. The lowest BCUT2D eigenvalue weighted by Gasteiger charge is -2.33. The molecule has 0 unspecified atom stereocenters. The zero-order valence-electron chi connectivity index (χ0n) is 12.2. The molecule has 0 saturated heterocycles. The fourth-order valence-electron chi connectivity index (χ4n) is 1.65. The molecule has 4 heteroatoms. The molecule has 0 amide bonds. The SMILES string of the molecule is CC(C)(C)OC(=O)C(C)(C)[C@H](N)c1ccccc1F. The molecule has 0 fully saturated rings. The first kappa shape index (κ1) is 15.6. The van der Waals surface area contributed by atoms with Crippen molar-refractivity contribution in [2.24, 2.45) is 11.1 Å². The van der Waals surface area contributed by atoms with E-state index >= 15 is 0 Å². The van der Waals surface area contributed by atoms with Crippen LogP contribution in [0.4, 0.5) is 4.39 Å². The van der Waals surface area contributed by atoms with Gasteiger partial charge in [0.05, 0.1) is 5.41 Å². The summed E-state index contributed by atoms with van der Waals surface area (Å²) in [6.45, 7) is 8.69. The summed E-state index contributed by atoms with van der Waals surface area (Å²) in [6, 6.07) is 5.45. The summed E-state index contributed by atoms with van der Waals surface area (Å²) in [5, 5.41) is 0. The number of halogens is 1. The highest BCUT2D eigenvalue weighted by molar-refractivity contribution is 5.77. The van der Waals surface area contributed by atoms with Crippen LogP contribution in [0.25, 0.3) is 0 Å². The van der Waals surface area contributed by atoms with Crippen molar-refractivity contribution in [1.29, 1.82) is 0 Å². The van der Waals surface area contributed by atoms with Crippen LogP contribution in [0.5, 0.6) is 0 Å². The van der Waals surface area contributed by atoms with Crippen molar-refractivity contribution in [3.05, 3.63) is 35.6 Å². The van der Waals surface area contributed by atoms with Gasteiger partial charge < -0.3 is 10.5 Å². The van der Waals surface area contributed by atoms with Crippen molar-refractivity contribution in [2.75, 3.05) is 0 Å². The highest BCUT2D eigenvalue weighted by Gasteiger charge is 2.39. The van der Waals surface area contributed by atoms with E-state index in [9.17, 15) is 9.18 Å². The molecule has 0 heterocycles. The minimum absolute atomic E-state index is 0.318. The molecular weight excluding hydrogens is 245 g/mol. The molecule has 1 aromatic carbocycles. The monoisotopic (exact) mass is 267 g/mol. The second-order valence-corrected chi connectivity index (χ2v) is 6.22. The fraction of sp³-hybridized carbons (Fsp3) is 0.533. The quantitative estimate of drug-likeness (QED) is 0.856. The van der Waals surface area contributed by atoms with Crippen LogP contribution in [0.15, 0.2) is 24.3 Å². The van der Waals surface area contributed by atoms with Gasteiger partial charge in [0.1, 0.15) is 11.4 Å². The number of hydrogen-bond donors (Lipinski definition) is 1. The van der Waals surface area contributed by atoms with Gasteiger partial charge in [-0.05, 0) is 40.7 Å². The number of carbonyl (C=O) groups excluding carboxylic acids is 1. The second kappa shape index (κ2) is 5.29. The summed E-state index contributed by atoms with van der Waals surface area (Å²) in [6.07, 6.45) is 0. The summed E-state index contributed by atoms with van der Waals surface area (Å²) < 4.78 is 19.1. The maximum Gasteiger partial charge on any atom is 0.313 e. The molecule has 2 N–H and O–H groups in total. The number of hydrogen-bond acceptors (Lipinski definition) is 3. The summed E-state index contributed by atoms with van der Waals surface area (Å²) in [7, 11) is 0. The topological polar surface area (TPSA) is 52.3 Å². The molecule has 106 valence electrons. The van der Waals surface area contributed by atoms with Gasteiger partial charge in [-0.3, -0.25) is 4.79 Å². The van der Waals surface area contributed by atoms with E-state index in [0.29, 0.717) is 5.56 Å². The summed E-state index contributed by atoms with van der Waals surface area (Å²) in [5.74, 6) is -0.845. The first-order valence-electron chi connectivity index (χ1n) is 6.29. The van der Waals surface area contributed by atoms with E-state index in [2.05, 4.69) is 0 Å². The molecule has 0 bridgehead atoms. The molecule has 19 heavy (non-hydrogen) atoms. The number of esters is 1. The lowest BCUT2D eigenvalue weighted by atomic mass is 9.80. The van der Waals surface area contributed by atoms with Gasteiger partial charge in [-0.15, -0.1) is 0 Å². The first-order valence-corrected chi connectivity index (χ1v) is 6.29. The van der Waals surface area contributed by atoms with Crippen molar-refractivity contribution in [3.8, 4) is 0 Å². The van der Waals surface area contributed by atoms with Crippen LogP contribution in [-0.2, 0) is 9.53 Å². The highest BCUT2D eigenvalue weighted by atomic mass is 19.1. The van der Waals surface area contributed by atoms with Crippen LogP contribution in [-0.4, -0.2) is 11.6 Å². The lowest BCUT2D eigenvalue weighted by Crippen LogP contribution is -2.41. The largest absolute Gasteiger partial charge is 0.460 e. The van der Waals surface area contributed by atoms with E-state index in [1.165, 1.54) is 6.07 Å². The fourth-order valence-corrected chi connectivity index (χ4v) is 1.65. The standard InChI is InChI=1S/C15H22FNO2/c1-14(2,3)19-13(18)15(4,5)12(17)10-8-6-7-9-11(10)16/h6-9,12H,17H2,1-5H3/t12-/m1/s1. The molecule has 0 aliphatic heterocycles.